The maximum absolute atomic E-state index is 10.7. The highest BCUT2D eigenvalue weighted by atomic mass is 16.4. The number of carbonyl (C=O) groups is 1. The molecule has 1 heterocycles. The van der Waals surface area contributed by atoms with Crippen molar-refractivity contribution in [1.29, 1.82) is 0 Å². The predicted octanol–water partition coefficient (Wildman–Crippen LogP) is 2.15. The van der Waals surface area contributed by atoms with E-state index >= 15 is 0 Å². The summed E-state index contributed by atoms with van der Waals surface area (Å²) in [6.07, 6.45) is 0.832. The molecule has 0 atom stereocenters. The third kappa shape index (κ3) is 2.54. The Labute approximate surface area is 98.7 Å². The third-order valence-corrected chi connectivity index (χ3v) is 2.49. The lowest BCUT2D eigenvalue weighted by Gasteiger charge is -2.00. The fourth-order valence-corrected chi connectivity index (χ4v) is 1.61. The van der Waals surface area contributed by atoms with Gasteiger partial charge < -0.3 is 15.3 Å². The van der Waals surface area contributed by atoms with Crippen LogP contribution in [0.4, 0.5) is 0 Å². The average Bonchev–Trinajstić information content (AvgIpc) is 2.80. The van der Waals surface area contributed by atoms with Gasteiger partial charge in [-0.1, -0.05) is 24.3 Å². The van der Waals surface area contributed by atoms with Crippen molar-refractivity contribution >= 4 is 5.97 Å². The van der Waals surface area contributed by atoms with Crippen LogP contribution in [-0.4, -0.2) is 17.6 Å². The summed E-state index contributed by atoms with van der Waals surface area (Å²) < 4.78 is 5.21. The van der Waals surface area contributed by atoms with E-state index in [0.717, 1.165) is 17.5 Å². The van der Waals surface area contributed by atoms with Gasteiger partial charge in [0, 0.05) is 5.56 Å². The summed E-state index contributed by atoms with van der Waals surface area (Å²) in [5.41, 5.74) is 7.48. The minimum absolute atomic E-state index is 0.0500. The van der Waals surface area contributed by atoms with Gasteiger partial charge in [-0.15, -0.1) is 0 Å². The van der Waals surface area contributed by atoms with Crippen LogP contribution in [0, 0.1) is 0 Å². The van der Waals surface area contributed by atoms with Gasteiger partial charge in [0.1, 0.15) is 5.76 Å². The normalized spacial score (nSPS) is 10.4. The van der Waals surface area contributed by atoms with E-state index in [9.17, 15) is 4.79 Å². The Hall–Kier alpha value is -2.07. The number of carboxylic acids is 1. The van der Waals surface area contributed by atoms with Gasteiger partial charge in [0.2, 0.25) is 5.76 Å². The first-order chi connectivity index (χ1) is 8.20. The van der Waals surface area contributed by atoms with E-state index in [1.165, 1.54) is 6.07 Å². The van der Waals surface area contributed by atoms with Crippen molar-refractivity contribution in [3.8, 4) is 11.3 Å². The number of aromatic carboxylic acids is 1. The summed E-state index contributed by atoms with van der Waals surface area (Å²) in [7, 11) is 0. The molecule has 3 N–H and O–H groups in total. The quantitative estimate of drug-likeness (QED) is 0.845. The maximum atomic E-state index is 10.7. The number of nitrogens with two attached hydrogens (primary N) is 1. The Kier molecular flexibility index (Phi) is 3.25. The van der Waals surface area contributed by atoms with Gasteiger partial charge in [-0.25, -0.2) is 4.79 Å². The van der Waals surface area contributed by atoms with Crippen molar-refractivity contribution in [2.24, 2.45) is 5.73 Å². The van der Waals surface area contributed by atoms with Gasteiger partial charge in [-0.2, -0.15) is 0 Å². The fourth-order valence-electron chi connectivity index (χ4n) is 1.61. The molecule has 2 aromatic rings. The molecule has 0 spiro atoms. The van der Waals surface area contributed by atoms with E-state index in [-0.39, 0.29) is 5.76 Å². The molecule has 0 saturated heterocycles. The molecule has 88 valence electrons. The van der Waals surface area contributed by atoms with E-state index in [1.807, 2.05) is 24.3 Å². The Morgan fingerprint density at radius 3 is 2.41 bits per heavy atom. The van der Waals surface area contributed by atoms with Crippen molar-refractivity contribution < 1.29 is 14.3 Å². The zero-order valence-electron chi connectivity index (χ0n) is 9.22. The van der Waals surface area contributed by atoms with Crippen molar-refractivity contribution in [2.45, 2.75) is 6.42 Å². The molecule has 4 heteroatoms. The number of benzene rings is 1. The van der Waals surface area contributed by atoms with E-state index < -0.39 is 5.97 Å². The lowest BCUT2D eigenvalue weighted by atomic mass is 10.1. The summed E-state index contributed by atoms with van der Waals surface area (Å²) in [6.45, 7) is 0.614. The molecule has 1 aromatic heterocycles. The molecule has 2 rings (SSSR count). The zero-order valence-corrected chi connectivity index (χ0v) is 9.22. The smallest absolute Gasteiger partial charge is 0.371 e. The fraction of sp³-hybridized carbons (Fsp3) is 0.154. The molecular formula is C13H13NO3. The van der Waals surface area contributed by atoms with Crippen molar-refractivity contribution in [2.75, 3.05) is 6.54 Å². The van der Waals surface area contributed by atoms with Gasteiger partial charge in [-0.3, -0.25) is 0 Å². The third-order valence-electron chi connectivity index (χ3n) is 2.49. The number of rotatable bonds is 4. The van der Waals surface area contributed by atoms with Crippen LogP contribution in [0.1, 0.15) is 16.1 Å². The number of hydrogen-bond donors (Lipinski definition) is 2. The molecule has 0 amide bonds. The van der Waals surface area contributed by atoms with Gasteiger partial charge >= 0.3 is 5.97 Å². The molecule has 0 bridgehead atoms. The van der Waals surface area contributed by atoms with Crippen LogP contribution < -0.4 is 5.73 Å². The van der Waals surface area contributed by atoms with Crippen LogP contribution in [0.25, 0.3) is 11.3 Å². The standard InChI is InChI=1S/C13H13NO3/c14-8-7-9-1-3-10(4-2-9)11-5-6-12(17-11)13(15)16/h1-6H,7-8,14H2,(H,15,16). The van der Waals surface area contributed by atoms with E-state index in [2.05, 4.69) is 0 Å². The van der Waals surface area contributed by atoms with E-state index in [4.69, 9.17) is 15.3 Å². The molecule has 0 aliphatic heterocycles. The molecule has 0 unspecified atom stereocenters. The monoisotopic (exact) mass is 231 g/mol. The topological polar surface area (TPSA) is 76.5 Å². The first-order valence-electron chi connectivity index (χ1n) is 5.33. The molecule has 0 aliphatic carbocycles. The maximum Gasteiger partial charge on any atom is 0.371 e. The molecular weight excluding hydrogens is 218 g/mol. The summed E-state index contributed by atoms with van der Waals surface area (Å²) in [6, 6.07) is 10.8. The second kappa shape index (κ2) is 4.84. The highest BCUT2D eigenvalue weighted by molar-refractivity contribution is 5.85. The zero-order chi connectivity index (χ0) is 12.3. The summed E-state index contributed by atoms with van der Waals surface area (Å²) in [5.74, 6) is -0.552. The molecule has 0 radical (unpaired) electrons. The second-order valence-corrected chi connectivity index (χ2v) is 3.70. The Balaban J connectivity index is 2.23. The number of furan rings is 1. The van der Waals surface area contributed by atoms with Crippen molar-refractivity contribution in [3.63, 3.8) is 0 Å². The lowest BCUT2D eigenvalue weighted by molar-refractivity contribution is 0.0663. The summed E-state index contributed by atoms with van der Waals surface area (Å²) in [4.78, 5) is 10.7. The molecule has 0 fully saturated rings. The number of hydrogen-bond acceptors (Lipinski definition) is 3. The van der Waals surface area contributed by atoms with Crippen LogP contribution in [0.3, 0.4) is 0 Å². The van der Waals surface area contributed by atoms with Crippen LogP contribution >= 0.6 is 0 Å². The van der Waals surface area contributed by atoms with Crippen LogP contribution in [0.15, 0.2) is 40.8 Å². The minimum atomic E-state index is -1.06. The van der Waals surface area contributed by atoms with Gasteiger partial charge in [0.25, 0.3) is 0 Å². The average molecular weight is 231 g/mol. The molecule has 17 heavy (non-hydrogen) atoms. The van der Waals surface area contributed by atoms with Crippen LogP contribution in [0.5, 0.6) is 0 Å². The Morgan fingerprint density at radius 1 is 1.18 bits per heavy atom. The Bertz CT molecular complexity index is 514. The first-order valence-corrected chi connectivity index (χ1v) is 5.33. The largest absolute Gasteiger partial charge is 0.475 e. The molecule has 1 aromatic carbocycles. The first kappa shape index (κ1) is 11.4. The molecule has 0 aliphatic rings. The Morgan fingerprint density at radius 2 is 1.88 bits per heavy atom. The minimum Gasteiger partial charge on any atom is -0.475 e. The van der Waals surface area contributed by atoms with Gasteiger partial charge in [-0.05, 0) is 30.7 Å². The molecule has 4 nitrogen and oxygen atoms in total. The lowest BCUT2D eigenvalue weighted by Crippen LogP contribution is -2.02. The summed E-state index contributed by atoms with van der Waals surface area (Å²) >= 11 is 0. The van der Waals surface area contributed by atoms with Crippen LogP contribution in [0.2, 0.25) is 0 Å². The van der Waals surface area contributed by atoms with Crippen LogP contribution in [-0.2, 0) is 6.42 Å². The second-order valence-electron chi connectivity index (χ2n) is 3.70. The van der Waals surface area contributed by atoms with E-state index in [0.29, 0.717) is 12.3 Å². The summed E-state index contributed by atoms with van der Waals surface area (Å²) in [5, 5.41) is 8.75. The van der Waals surface area contributed by atoms with Crippen molar-refractivity contribution in [3.05, 3.63) is 47.7 Å². The van der Waals surface area contributed by atoms with Gasteiger partial charge in [0.15, 0.2) is 0 Å². The molecule has 0 saturated carbocycles. The number of carboxylic acid groups (broad SMARTS) is 1. The highest BCUT2D eigenvalue weighted by Crippen LogP contribution is 2.22. The van der Waals surface area contributed by atoms with E-state index in [1.54, 1.807) is 6.07 Å². The highest BCUT2D eigenvalue weighted by Gasteiger charge is 2.09. The predicted molar refractivity (Wildman–Crippen MR) is 63.9 cm³/mol. The van der Waals surface area contributed by atoms with Gasteiger partial charge in [0.05, 0.1) is 0 Å². The SMILES string of the molecule is NCCc1ccc(-c2ccc(C(=O)O)o2)cc1. The van der Waals surface area contributed by atoms with Crippen molar-refractivity contribution in [1.82, 2.24) is 0 Å².